The van der Waals surface area contributed by atoms with E-state index in [0.29, 0.717) is 22.6 Å². The summed E-state index contributed by atoms with van der Waals surface area (Å²) in [5, 5.41) is 31.8. The Morgan fingerprint density at radius 1 is 1.58 bits per heavy atom. The molecule has 0 saturated heterocycles. The molecule has 1 aromatic heterocycles. The molecule has 2 aromatic rings. The van der Waals surface area contributed by atoms with Crippen LogP contribution in [0.25, 0.3) is 0 Å². The molecular formula is C14H17N5O4S. The van der Waals surface area contributed by atoms with Gasteiger partial charge in [0.05, 0.1) is 18.2 Å². The summed E-state index contributed by atoms with van der Waals surface area (Å²) in [5.41, 5.74) is -0.0707. The Hall–Kier alpha value is -2.75. The van der Waals surface area contributed by atoms with Crippen molar-refractivity contribution in [1.29, 1.82) is 0 Å². The molecule has 0 fully saturated rings. The number of phenolic OH excluding ortho intramolecular Hbond substituents is 1. The molecule has 0 bridgehead atoms. The van der Waals surface area contributed by atoms with Crippen molar-refractivity contribution in [3.63, 3.8) is 0 Å². The monoisotopic (exact) mass is 351 g/mol. The molecule has 9 nitrogen and oxygen atoms in total. The third-order valence-corrected chi connectivity index (χ3v) is 3.55. The van der Waals surface area contributed by atoms with Gasteiger partial charge in [0.1, 0.15) is 0 Å². The molecule has 0 saturated carbocycles. The predicted octanol–water partition coefficient (Wildman–Crippen LogP) is 2.79. The largest absolute Gasteiger partial charge is 0.500 e. The number of benzene rings is 1. The third kappa shape index (κ3) is 3.77. The topological polar surface area (TPSA) is 119 Å². The molecule has 2 N–H and O–H groups in total. The number of phenols is 1. The Morgan fingerprint density at radius 3 is 2.96 bits per heavy atom. The van der Waals surface area contributed by atoms with Gasteiger partial charge in [0.2, 0.25) is 10.5 Å². The zero-order valence-corrected chi connectivity index (χ0v) is 14.0. The minimum atomic E-state index is -0.689. The van der Waals surface area contributed by atoms with E-state index in [4.69, 9.17) is 17.0 Å². The van der Waals surface area contributed by atoms with Crippen LogP contribution < -0.4 is 4.74 Å². The van der Waals surface area contributed by atoms with Crippen molar-refractivity contribution in [2.45, 2.75) is 26.2 Å². The van der Waals surface area contributed by atoms with E-state index in [1.54, 1.807) is 0 Å². The Morgan fingerprint density at radius 2 is 2.33 bits per heavy atom. The van der Waals surface area contributed by atoms with Crippen molar-refractivity contribution in [3.8, 4) is 11.5 Å². The highest BCUT2D eigenvalue weighted by Crippen LogP contribution is 2.36. The van der Waals surface area contributed by atoms with Crippen LogP contribution in [0.1, 0.15) is 31.2 Å². The molecule has 0 atom stereocenters. The summed E-state index contributed by atoms with van der Waals surface area (Å²) < 4.78 is 6.75. The van der Waals surface area contributed by atoms with E-state index in [1.165, 1.54) is 30.1 Å². The maximum atomic E-state index is 11.0. The van der Waals surface area contributed by atoms with Crippen molar-refractivity contribution in [2.75, 3.05) is 7.11 Å². The number of nitro benzene ring substituents is 1. The van der Waals surface area contributed by atoms with Crippen molar-refractivity contribution < 1.29 is 14.8 Å². The van der Waals surface area contributed by atoms with Gasteiger partial charge < -0.3 is 9.84 Å². The lowest BCUT2D eigenvalue weighted by atomic mass is 10.2. The standard InChI is InChI=1S/C14H17N5O4S/c1-3-4-5-12-16-17-14(24)18(12)15-8-9-6-10(19(21)22)13(20)11(7-9)23-2/h6-8,20H,3-5H2,1-2H3,(H,17,24)/b15-8-. The fourth-order valence-electron chi connectivity index (χ4n) is 2.05. The average molecular weight is 351 g/mol. The zero-order valence-electron chi connectivity index (χ0n) is 13.2. The second kappa shape index (κ2) is 7.68. The number of hydrogen-bond donors (Lipinski definition) is 2. The number of aromatic hydroxyl groups is 1. The number of nitrogens with zero attached hydrogens (tertiary/aromatic N) is 4. The van der Waals surface area contributed by atoms with Gasteiger partial charge in [-0.2, -0.15) is 14.9 Å². The van der Waals surface area contributed by atoms with Gasteiger partial charge in [-0.25, -0.2) is 0 Å². The Bertz CT molecular complexity index is 827. The summed E-state index contributed by atoms with van der Waals surface area (Å²) >= 11 is 5.13. The number of methoxy groups -OCH3 is 1. The smallest absolute Gasteiger partial charge is 0.315 e. The van der Waals surface area contributed by atoms with Crippen LogP contribution in [0.4, 0.5) is 5.69 Å². The third-order valence-electron chi connectivity index (χ3n) is 3.29. The van der Waals surface area contributed by atoms with E-state index >= 15 is 0 Å². The Labute approximate surface area is 142 Å². The highest BCUT2D eigenvalue weighted by molar-refractivity contribution is 7.71. The molecule has 0 unspecified atom stereocenters. The molecule has 1 aromatic carbocycles. The first kappa shape index (κ1) is 17.6. The van der Waals surface area contributed by atoms with Crippen LogP contribution in [-0.2, 0) is 6.42 Å². The first-order valence-electron chi connectivity index (χ1n) is 7.24. The van der Waals surface area contributed by atoms with Gasteiger partial charge in [-0.15, -0.1) is 0 Å². The summed E-state index contributed by atoms with van der Waals surface area (Å²) in [6.45, 7) is 2.07. The minimum Gasteiger partial charge on any atom is -0.500 e. The lowest BCUT2D eigenvalue weighted by molar-refractivity contribution is -0.386. The summed E-state index contributed by atoms with van der Waals surface area (Å²) in [6.07, 6.45) is 4.05. The molecule has 0 amide bonds. The lowest BCUT2D eigenvalue weighted by Crippen LogP contribution is -2.00. The first-order valence-corrected chi connectivity index (χ1v) is 7.64. The van der Waals surface area contributed by atoms with E-state index in [9.17, 15) is 15.2 Å². The van der Waals surface area contributed by atoms with E-state index in [2.05, 4.69) is 22.2 Å². The SMILES string of the molecule is CCCCc1n[nH]c(=S)n1/N=C\c1cc(OC)c(O)c([N+](=O)[O-])c1. The van der Waals surface area contributed by atoms with Gasteiger partial charge in [0.25, 0.3) is 0 Å². The van der Waals surface area contributed by atoms with Crippen molar-refractivity contribution in [3.05, 3.63) is 38.4 Å². The van der Waals surface area contributed by atoms with Crippen LogP contribution in [-0.4, -0.2) is 38.2 Å². The van der Waals surface area contributed by atoms with Crippen LogP contribution >= 0.6 is 12.2 Å². The maximum absolute atomic E-state index is 11.0. The van der Waals surface area contributed by atoms with Gasteiger partial charge in [-0.1, -0.05) is 13.3 Å². The molecule has 0 aliphatic rings. The van der Waals surface area contributed by atoms with Crippen LogP contribution in [0, 0.1) is 14.9 Å². The van der Waals surface area contributed by atoms with E-state index in [-0.39, 0.29) is 5.75 Å². The number of aromatic amines is 1. The summed E-state index contributed by atoms with van der Waals surface area (Å²) in [6, 6.07) is 2.65. The number of unbranched alkanes of at least 4 members (excludes halogenated alkanes) is 1. The molecule has 1 heterocycles. The fraction of sp³-hybridized carbons (Fsp3) is 0.357. The number of ether oxygens (including phenoxy) is 1. The number of H-pyrrole nitrogens is 1. The van der Waals surface area contributed by atoms with Gasteiger partial charge in [0, 0.05) is 18.1 Å². The molecular weight excluding hydrogens is 334 g/mol. The summed E-state index contributed by atoms with van der Waals surface area (Å²) in [7, 11) is 1.31. The second-order valence-corrected chi connectivity index (χ2v) is 5.34. The first-order chi connectivity index (χ1) is 11.5. The van der Waals surface area contributed by atoms with E-state index in [1.807, 2.05) is 0 Å². The molecule has 10 heteroatoms. The van der Waals surface area contributed by atoms with E-state index < -0.39 is 16.4 Å². The van der Waals surface area contributed by atoms with Gasteiger partial charge >= 0.3 is 5.69 Å². The molecule has 24 heavy (non-hydrogen) atoms. The van der Waals surface area contributed by atoms with E-state index in [0.717, 1.165) is 12.8 Å². The lowest BCUT2D eigenvalue weighted by Gasteiger charge is -2.05. The molecule has 0 spiro atoms. The fourth-order valence-corrected chi connectivity index (χ4v) is 2.25. The number of aromatic nitrogens is 3. The normalized spacial score (nSPS) is 11.1. The van der Waals surface area contributed by atoms with Gasteiger partial charge in [0.15, 0.2) is 11.6 Å². The highest BCUT2D eigenvalue weighted by atomic mass is 32.1. The maximum Gasteiger partial charge on any atom is 0.315 e. The predicted molar refractivity (Wildman–Crippen MR) is 90.3 cm³/mol. The zero-order chi connectivity index (χ0) is 17.7. The van der Waals surface area contributed by atoms with Crippen molar-refractivity contribution in [2.24, 2.45) is 5.10 Å². The minimum absolute atomic E-state index is 0.00681. The molecule has 128 valence electrons. The number of nitro groups is 1. The Kier molecular flexibility index (Phi) is 5.64. The van der Waals surface area contributed by atoms with Gasteiger partial charge in [-0.3, -0.25) is 15.2 Å². The summed E-state index contributed by atoms with van der Waals surface area (Å²) in [4.78, 5) is 10.3. The molecule has 2 rings (SSSR count). The van der Waals surface area contributed by atoms with Crippen molar-refractivity contribution >= 4 is 24.1 Å². The van der Waals surface area contributed by atoms with Crippen LogP contribution in [0.2, 0.25) is 0 Å². The number of nitrogens with one attached hydrogen (secondary N) is 1. The quantitative estimate of drug-likeness (QED) is 0.343. The number of rotatable bonds is 7. The Balaban J connectivity index is 2.39. The van der Waals surface area contributed by atoms with Crippen LogP contribution in [0.15, 0.2) is 17.2 Å². The summed E-state index contributed by atoms with van der Waals surface area (Å²) in [5.74, 6) is 0.147. The molecule has 0 aliphatic carbocycles. The van der Waals surface area contributed by atoms with Crippen LogP contribution in [0.5, 0.6) is 11.5 Å². The highest BCUT2D eigenvalue weighted by Gasteiger charge is 2.19. The number of aryl methyl sites for hydroxylation is 1. The molecule has 0 radical (unpaired) electrons. The number of hydrogen-bond acceptors (Lipinski definition) is 7. The average Bonchev–Trinajstić information content (AvgIpc) is 2.91. The molecule has 0 aliphatic heterocycles. The van der Waals surface area contributed by atoms with Gasteiger partial charge in [-0.05, 0) is 24.7 Å². The second-order valence-electron chi connectivity index (χ2n) is 4.95. The van der Waals surface area contributed by atoms with Crippen LogP contribution in [0.3, 0.4) is 0 Å². The van der Waals surface area contributed by atoms with Crippen molar-refractivity contribution in [1.82, 2.24) is 14.9 Å².